The van der Waals surface area contributed by atoms with Crippen molar-refractivity contribution in [2.24, 2.45) is 0 Å². The van der Waals surface area contributed by atoms with Crippen LogP contribution in [0, 0.1) is 23.3 Å². The molecule has 6 nitrogen and oxygen atoms in total. The Morgan fingerprint density at radius 3 is 2.34 bits per heavy atom. The maximum atomic E-state index is 14.0. The Morgan fingerprint density at radius 2 is 1.59 bits per heavy atom. The van der Waals surface area contributed by atoms with Crippen LogP contribution in [0.2, 0.25) is 0 Å². The number of hydrogen-bond acceptors (Lipinski definition) is 3. The summed E-state index contributed by atoms with van der Waals surface area (Å²) in [7, 11) is 1.52. The first-order valence-electron chi connectivity index (χ1n) is 9.74. The van der Waals surface area contributed by atoms with E-state index >= 15 is 0 Å². The van der Waals surface area contributed by atoms with Gasteiger partial charge in [-0.3, -0.25) is 9.59 Å². The van der Waals surface area contributed by atoms with Crippen molar-refractivity contribution in [3.05, 3.63) is 80.9 Å². The summed E-state index contributed by atoms with van der Waals surface area (Å²) in [5.74, 6) is -4.80. The van der Waals surface area contributed by atoms with Crippen molar-refractivity contribution >= 4 is 27.6 Å². The van der Waals surface area contributed by atoms with Crippen molar-refractivity contribution in [1.82, 2.24) is 20.2 Å². The largest absolute Gasteiger partial charge is 0.350 e. The van der Waals surface area contributed by atoms with Crippen LogP contribution in [0.1, 0.15) is 27.8 Å². The van der Waals surface area contributed by atoms with Gasteiger partial charge in [0.2, 0.25) is 0 Å². The molecule has 0 radical (unpaired) electrons. The molecule has 0 bridgehead atoms. The predicted octanol–water partition coefficient (Wildman–Crippen LogP) is 3.48. The quantitative estimate of drug-likeness (QED) is 0.414. The van der Waals surface area contributed by atoms with Crippen molar-refractivity contribution in [3.8, 4) is 0 Å². The fourth-order valence-electron chi connectivity index (χ4n) is 4.25. The zero-order valence-corrected chi connectivity index (χ0v) is 16.7. The van der Waals surface area contributed by atoms with E-state index in [-0.39, 0.29) is 28.5 Å². The topological polar surface area (TPSA) is 81.0 Å². The van der Waals surface area contributed by atoms with E-state index in [1.54, 1.807) is 0 Å². The molecule has 1 aliphatic heterocycles. The molecule has 0 spiro atoms. The number of nitrogens with one attached hydrogen (secondary N) is 3. The van der Waals surface area contributed by atoms with Crippen molar-refractivity contribution in [2.75, 3.05) is 13.6 Å². The third-order valence-corrected chi connectivity index (χ3v) is 5.84. The molecule has 5 rings (SSSR count). The molecule has 10 heteroatoms. The van der Waals surface area contributed by atoms with Crippen LogP contribution < -0.4 is 10.9 Å². The SMILES string of the molecule is CN(C(=O)c1cc2cc(F)c(F)cc2[nH]1)C1CNCc2[nH]c(=O)c3cc(F)c(F)cc3c21. The lowest BCUT2D eigenvalue weighted by molar-refractivity contribution is 0.0718. The van der Waals surface area contributed by atoms with Crippen molar-refractivity contribution in [3.63, 3.8) is 0 Å². The lowest BCUT2D eigenvalue weighted by Gasteiger charge is -2.34. The van der Waals surface area contributed by atoms with Crippen LogP contribution in [0.15, 0.2) is 35.1 Å². The third kappa shape index (κ3) is 3.06. The number of H-pyrrole nitrogens is 2. The van der Waals surface area contributed by atoms with E-state index in [1.807, 2.05) is 0 Å². The number of likely N-dealkylation sites (N-methyl/N-ethyl adjacent to an activating group) is 1. The molecule has 164 valence electrons. The van der Waals surface area contributed by atoms with Gasteiger partial charge in [0.25, 0.3) is 11.5 Å². The molecule has 0 fully saturated rings. The normalized spacial score (nSPS) is 15.8. The molecule has 32 heavy (non-hydrogen) atoms. The Kier molecular flexibility index (Phi) is 4.55. The molecule has 0 saturated heterocycles. The highest BCUT2D eigenvalue weighted by Crippen LogP contribution is 2.33. The summed E-state index contributed by atoms with van der Waals surface area (Å²) in [4.78, 5) is 32.4. The van der Waals surface area contributed by atoms with Gasteiger partial charge in [0.1, 0.15) is 5.69 Å². The van der Waals surface area contributed by atoms with E-state index in [0.29, 0.717) is 23.2 Å². The molecular formula is C22H16F4N4O2. The number of amides is 1. The predicted molar refractivity (Wildman–Crippen MR) is 109 cm³/mol. The minimum atomic E-state index is -1.14. The average Bonchev–Trinajstić information content (AvgIpc) is 3.16. The van der Waals surface area contributed by atoms with Gasteiger partial charge in [-0.25, -0.2) is 17.6 Å². The Morgan fingerprint density at radius 1 is 0.938 bits per heavy atom. The van der Waals surface area contributed by atoms with Crippen molar-refractivity contribution in [1.29, 1.82) is 0 Å². The van der Waals surface area contributed by atoms with Crippen LogP contribution in [0.3, 0.4) is 0 Å². The van der Waals surface area contributed by atoms with Crippen molar-refractivity contribution < 1.29 is 22.4 Å². The van der Waals surface area contributed by atoms with Crippen LogP contribution in [-0.2, 0) is 6.54 Å². The first kappa shape index (κ1) is 20.3. The summed E-state index contributed by atoms with van der Waals surface area (Å²) in [5, 5.41) is 3.62. The molecule has 1 atom stereocenters. The minimum Gasteiger partial charge on any atom is -0.350 e. The Balaban J connectivity index is 1.61. The Bertz CT molecular complexity index is 1440. The summed E-state index contributed by atoms with van der Waals surface area (Å²) in [6.07, 6.45) is 0. The summed E-state index contributed by atoms with van der Waals surface area (Å²) < 4.78 is 54.9. The standard InChI is InChI=1S/C22H16F4N4O2/c1-30(22(32)17-3-9-2-12(23)15(26)6-16(9)28-17)19-8-27-7-18-20(19)10-4-13(24)14(25)5-11(10)21(31)29-18/h2-6,19,27-28H,7-8H2,1H3,(H,29,31). The van der Waals surface area contributed by atoms with E-state index in [2.05, 4.69) is 15.3 Å². The number of aromatic amines is 2. The number of benzene rings is 2. The maximum absolute atomic E-state index is 14.0. The molecule has 2 aromatic heterocycles. The number of rotatable bonds is 2. The monoisotopic (exact) mass is 444 g/mol. The van der Waals surface area contributed by atoms with E-state index in [9.17, 15) is 27.2 Å². The third-order valence-electron chi connectivity index (χ3n) is 5.84. The Hall–Kier alpha value is -3.66. The van der Waals surface area contributed by atoms with Gasteiger partial charge < -0.3 is 20.2 Å². The number of nitrogens with zero attached hydrogens (tertiary/aromatic N) is 1. The highest BCUT2D eigenvalue weighted by Gasteiger charge is 2.31. The summed E-state index contributed by atoms with van der Waals surface area (Å²) >= 11 is 0. The lowest BCUT2D eigenvalue weighted by Crippen LogP contribution is -2.42. The number of fused-ring (bicyclic) bond motifs is 4. The molecule has 3 heterocycles. The van der Waals surface area contributed by atoms with Crippen LogP contribution in [0.4, 0.5) is 17.6 Å². The Labute approximate surface area is 177 Å². The number of carbonyl (C=O) groups is 1. The average molecular weight is 444 g/mol. The molecule has 2 aromatic carbocycles. The van der Waals surface area contributed by atoms with Gasteiger partial charge in [-0.15, -0.1) is 0 Å². The van der Waals surface area contributed by atoms with Crippen LogP contribution in [-0.4, -0.2) is 34.4 Å². The number of aromatic nitrogens is 2. The second kappa shape index (κ2) is 7.20. The van der Waals surface area contributed by atoms with E-state index in [4.69, 9.17) is 0 Å². The van der Waals surface area contributed by atoms with Gasteiger partial charge >= 0.3 is 0 Å². The zero-order chi connectivity index (χ0) is 22.7. The first-order chi connectivity index (χ1) is 15.2. The molecule has 3 N–H and O–H groups in total. The molecular weight excluding hydrogens is 428 g/mol. The highest BCUT2D eigenvalue weighted by atomic mass is 19.2. The number of pyridine rings is 1. The maximum Gasteiger partial charge on any atom is 0.270 e. The number of hydrogen-bond donors (Lipinski definition) is 3. The van der Waals surface area contributed by atoms with E-state index in [0.717, 1.165) is 24.3 Å². The van der Waals surface area contributed by atoms with E-state index < -0.39 is 40.8 Å². The second-order valence-corrected chi connectivity index (χ2v) is 7.76. The molecule has 0 saturated carbocycles. The summed E-state index contributed by atoms with van der Waals surface area (Å²) in [6.45, 7) is 0.571. The first-order valence-corrected chi connectivity index (χ1v) is 9.74. The van der Waals surface area contributed by atoms with Gasteiger partial charge in [-0.1, -0.05) is 0 Å². The van der Waals surface area contributed by atoms with Crippen LogP contribution in [0.5, 0.6) is 0 Å². The minimum absolute atomic E-state index is 0.0213. The zero-order valence-electron chi connectivity index (χ0n) is 16.7. The molecule has 1 unspecified atom stereocenters. The van der Waals surface area contributed by atoms with Crippen molar-refractivity contribution in [2.45, 2.75) is 12.6 Å². The van der Waals surface area contributed by atoms with Gasteiger partial charge in [0.15, 0.2) is 23.3 Å². The fourth-order valence-corrected chi connectivity index (χ4v) is 4.25. The van der Waals surface area contributed by atoms with Crippen LogP contribution >= 0.6 is 0 Å². The van der Waals surface area contributed by atoms with Gasteiger partial charge in [0, 0.05) is 48.4 Å². The lowest BCUT2D eigenvalue weighted by atomic mass is 9.93. The van der Waals surface area contributed by atoms with Gasteiger partial charge in [-0.2, -0.15) is 0 Å². The number of halogens is 4. The molecule has 4 aromatic rings. The smallest absolute Gasteiger partial charge is 0.270 e. The van der Waals surface area contributed by atoms with Gasteiger partial charge in [-0.05, 0) is 29.7 Å². The molecule has 1 aliphatic rings. The fraction of sp³-hybridized carbons (Fsp3) is 0.182. The van der Waals surface area contributed by atoms with Crippen LogP contribution in [0.25, 0.3) is 21.7 Å². The highest BCUT2D eigenvalue weighted by molar-refractivity contribution is 5.98. The second-order valence-electron chi connectivity index (χ2n) is 7.76. The van der Waals surface area contributed by atoms with Gasteiger partial charge in [0.05, 0.1) is 11.4 Å². The van der Waals surface area contributed by atoms with E-state index in [1.165, 1.54) is 18.0 Å². The molecule has 0 aliphatic carbocycles. The molecule has 1 amide bonds. The number of carbonyl (C=O) groups excluding carboxylic acids is 1. The summed E-state index contributed by atoms with van der Waals surface area (Å²) in [6, 6.07) is 4.54. The summed E-state index contributed by atoms with van der Waals surface area (Å²) in [5.41, 5.74) is 0.765.